The van der Waals surface area contributed by atoms with Crippen LogP contribution in [0.2, 0.25) is 0 Å². The first-order valence-electron chi connectivity index (χ1n) is 10.8. The highest BCUT2D eigenvalue weighted by atomic mass is 16.5. The van der Waals surface area contributed by atoms with E-state index in [1.165, 1.54) is 0 Å². The molecule has 9 nitrogen and oxygen atoms in total. The molecule has 2 N–H and O–H groups in total. The van der Waals surface area contributed by atoms with Gasteiger partial charge in [0.15, 0.2) is 0 Å². The molecule has 2 amide bonds. The van der Waals surface area contributed by atoms with Crippen molar-refractivity contribution in [3.63, 3.8) is 0 Å². The molecule has 0 bridgehead atoms. The maximum atomic E-state index is 12.1. The van der Waals surface area contributed by atoms with Gasteiger partial charge >= 0.3 is 11.9 Å². The average molecular weight is 445 g/mol. The molecule has 0 aliphatic heterocycles. The van der Waals surface area contributed by atoms with Crippen LogP contribution in [0.5, 0.6) is 0 Å². The zero-order valence-electron chi connectivity index (χ0n) is 20.3. The third-order valence-corrected chi connectivity index (χ3v) is 4.73. The maximum Gasteiger partial charge on any atom is 0.345 e. The lowest BCUT2D eigenvalue weighted by Gasteiger charge is -2.30. The molecule has 0 aromatic rings. The summed E-state index contributed by atoms with van der Waals surface area (Å²) >= 11 is 0. The monoisotopic (exact) mass is 444 g/mol. The maximum absolute atomic E-state index is 12.1. The van der Waals surface area contributed by atoms with E-state index in [1.54, 1.807) is 21.0 Å². The molecule has 0 aliphatic rings. The van der Waals surface area contributed by atoms with Crippen molar-refractivity contribution in [2.75, 3.05) is 46.7 Å². The van der Waals surface area contributed by atoms with E-state index in [-0.39, 0.29) is 11.5 Å². The van der Waals surface area contributed by atoms with Crippen molar-refractivity contribution in [1.82, 2.24) is 10.6 Å². The van der Waals surface area contributed by atoms with E-state index >= 15 is 0 Å². The molecule has 0 heterocycles. The Morgan fingerprint density at radius 3 is 2.06 bits per heavy atom. The number of carbonyl (C=O) groups is 2. The molecular weight excluding hydrogens is 402 g/mol. The third-order valence-electron chi connectivity index (χ3n) is 4.73. The summed E-state index contributed by atoms with van der Waals surface area (Å²) in [6, 6.07) is -1.38. The Labute approximate surface area is 187 Å². The molecule has 180 valence electrons. The topological polar surface area (TPSA) is 99.5 Å². The van der Waals surface area contributed by atoms with Gasteiger partial charge in [-0.15, -0.1) is 0 Å². The molecule has 0 aromatic heterocycles. The van der Waals surface area contributed by atoms with Crippen LogP contribution >= 0.6 is 0 Å². The number of hydrogen-bond acceptors (Lipinski definition) is 6. The van der Waals surface area contributed by atoms with Crippen molar-refractivity contribution in [2.24, 2.45) is 0 Å². The van der Waals surface area contributed by atoms with Crippen molar-refractivity contribution in [1.29, 1.82) is 0 Å². The standard InChI is InChI=1S/C22H41N3O6/c1-17(23-7)20(27)25-18(2)19(26)24-11-14-31-22(5,6)10-13-30-21(3,4)9-12-29-16-15-28-8/h7,17-18H,9-16H2,1-6,8H3,(H-,24,25,26,27)/p+1. The lowest BCUT2D eigenvalue weighted by molar-refractivity contribution is -0.129. The van der Waals surface area contributed by atoms with Crippen LogP contribution in [0.15, 0.2) is 0 Å². The zero-order valence-corrected chi connectivity index (χ0v) is 20.3. The summed E-state index contributed by atoms with van der Waals surface area (Å²) in [5.41, 5.74) is -0.681. The number of ether oxygens (including phenoxy) is 4. The van der Waals surface area contributed by atoms with E-state index in [4.69, 9.17) is 25.5 Å². The van der Waals surface area contributed by atoms with Gasteiger partial charge in [-0.05, 0) is 47.5 Å². The Morgan fingerprint density at radius 1 is 0.903 bits per heavy atom. The van der Waals surface area contributed by atoms with Crippen LogP contribution in [-0.4, -0.2) is 81.8 Å². The molecule has 0 saturated heterocycles. The van der Waals surface area contributed by atoms with Crippen LogP contribution in [0.1, 0.15) is 54.4 Å². The van der Waals surface area contributed by atoms with Gasteiger partial charge in [-0.25, -0.2) is 0 Å². The molecule has 0 saturated carbocycles. The average Bonchev–Trinajstić information content (AvgIpc) is 2.69. The fourth-order valence-corrected chi connectivity index (χ4v) is 2.40. The van der Waals surface area contributed by atoms with Gasteiger partial charge in [-0.2, -0.15) is 0 Å². The molecule has 0 spiro atoms. The predicted molar refractivity (Wildman–Crippen MR) is 120 cm³/mol. The van der Waals surface area contributed by atoms with Gasteiger partial charge in [-0.1, -0.05) is 4.85 Å². The summed E-state index contributed by atoms with van der Waals surface area (Å²) in [6.07, 6.45) is 1.50. The van der Waals surface area contributed by atoms with Crippen molar-refractivity contribution in [3.05, 3.63) is 4.85 Å². The highest BCUT2D eigenvalue weighted by molar-refractivity contribution is 5.90. The SMILES string of the molecule is C#[N+]C(C)C(=O)NC(C)C(=O)NCCOC(C)(C)CCOC(C)(C)CCOCCOC. The molecule has 9 heteroatoms. The smallest absolute Gasteiger partial charge is 0.345 e. The van der Waals surface area contributed by atoms with E-state index in [1.807, 2.05) is 27.7 Å². The Bertz CT molecular complexity index is 574. The van der Waals surface area contributed by atoms with Gasteiger partial charge < -0.3 is 29.6 Å². The van der Waals surface area contributed by atoms with Gasteiger partial charge in [0.2, 0.25) is 5.91 Å². The zero-order chi connectivity index (χ0) is 23.9. The number of amides is 2. The summed E-state index contributed by atoms with van der Waals surface area (Å²) in [6.45, 7) is 19.3. The molecule has 2 atom stereocenters. The molecular formula is C22H42N3O6+. The quantitative estimate of drug-likeness (QED) is 0.333. The van der Waals surface area contributed by atoms with Crippen molar-refractivity contribution < 1.29 is 28.5 Å². The van der Waals surface area contributed by atoms with Gasteiger partial charge in [0.25, 0.3) is 6.57 Å². The number of carbonyl (C=O) groups excluding carboxylic acids is 2. The molecule has 0 fully saturated rings. The third kappa shape index (κ3) is 14.8. The second-order valence-electron chi connectivity index (χ2n) is 8.67. The van der Waals surface area contributed by atoms with Crippen LogP contribution in [0, 0.1) is 6.57 Å². The summed E-state index contributed by atoms with van der Waals surface area (Å²) in [5.74, 6) is -0.691. The lowest BCUT2D eigenvalue weighted by atomic mass is 10.0. The Balaban J connectivity index is 4.06. The van der Waals surface area contributed by atoms with Crippen LogP contribution in [0.3, 0.4) is 0 Å². The fourth-order valence-electron chi connectivity index (χ4n) is 2.40. The summed E-state index contributed by atoms with van der Waals surface area (Å²) in [7, 11) is 1.65. The van der Waals surface area contributed by atoms with Crippen molar-refractivity contribution in [2.45, 2.75) is 77.7 Å². The summed E-state index contributed by atoms with van der Waals surface area (Å²) < 4.78 is 22.3. The number of rotatable bonds is 17. The predicted octanol–water partition coefficient (Wildman–Crippen LogP) is 1.99. The van der Waals surface area contributed by atoms with E-state index in [0.717, 1.165) is 6.42 Å². The van der Waals surface area contributed by atoms with Gasteiger partial charge in [0.05, 0.1) is 37.6 Å². The Hall–Kier alpha value is -1.73. The lowest BCUT2D eigenvalue weighted by Crippen LogP contribution is -2.47. The largest absolute Gasteiger partial charge is 0.382 e. The minimum Gasteiger partial charge on any atom is -0.382 e. The van der Waals surface area contributed by atoms with Gasteiger partial charge in [0, 0.05) is 27.2 Å². The first-order chi connectivity index (χ1) is 14.4. The van der Waals surface area contributed by atoms with Crippen molar-refractivity contribution >= 4 is 11.8 Å². The van der Waals surface area contributed by atoms with Crippen LogP contribution < -0.4 is 10.6 Å². The summed E-state index contributed by atoms with van der Waals surface area (Å²) in [4.78, 5) is 27.2. The number of nitrogens with zero attached hydrogens (tertiary/aromatic N) is 1. The van der Waals surface area contributed by atoms with E-state index in [0.29, 0.717) is 46.0 Å². The van der Waals surface area contributed by atoms with Gasteiger partial charge in [0.1, 0.15) is 6.04 Å². The van der Waals surface area contributed by atoms with Crippen molar-refractivity contribution in [3.8, 4) is 6.57 Å². The molecule has 0 rings (SSSR count). The van der Waals surface area contributed by atoms with Crippen LogP contribution in [-0.2, 0) is 28.5 Å². The molecule has 2 unspecified atom stereocenters. The minimum atomic E-state index is -0.699. The molecule has 0 aliphatic carbocycles. The number of methoxy groups -OCH3 is 1. The van der Waals surface area contributed by atoms with Crippen LogP contribution in [0.25, 0.3) is 4.85 Å². The Morgan fingerprint density at radius 2 is 1.48 bits per heavy atom. The highest BCUT2D eigenvalue weighted by Gasteiger charge is 2.25. The molecule has 0 aromatic carbocycles. The van der Waals surface area contributed by atoms with E-state index in [2.05, 4.69) is 15.5 Å². The Kier molecular flexibility index (Phi) is 14.3. The second-order valence-corrected chi connectivity index (χ2v) is 8.67. The first-order valence-corrected chi connectivity index (χ1v) is 10.8. The fraction of sp³-hybridized carbons (Fsp3) is 0.864. The van der Waals surface area contributed by atoms with Crippen LogP contribution in [0.4, 0.5) is 0 Å². The number of nitrogens with one attached hydrogen (secondary N) is 2. The molecule has 31 heavy (non-hydrogen) atoms. The minimum absolute atomic E-state index is 0.285. The van der Waals surface area contributed by atoms with E-state index in [9.17, 15) is 9.59 Å². The first kappa shape index (κ1) is 29.3. The number of hydrogen-bond donors (Lipinski definition) is 2. The van der Waals surface area contributed by atoms with E-state index < -0.39 is 23.6 Å². The van der Waals surface area contributed by atoms with Gasteiger partial charge in [-0.3, -0.25) is 9.59 Å². The second kappa shape index (κ2) is 15.1. The summed E-state index contributed by atoms with van der Waals surface area (Å²) in [5, 5.41) is 5.30. The highest BCUT2D eigenvalue weighted by Crippen LogP contribution is 2.19. The normalized spacial score (nSPS) is 13.9. The molecule has 0 radical (unpaired) electrons.